The standard InChI is InChI=1S/C23H30N6O5.C23H28N6O4.C22H30N4O5.C14H24N4O3.C9H8N2O3/c1-34-19-7-6-14-15(27-19)11-18(26-14)23(33)29-17(9-12-4-5-12)22(32)28-16(20(24)30)10-13-3-2-8-25-21(13)31;1-33-20-7-6-16-17(28-20)11-19(27-16)23(32)29-18(9-13-4-5-13)22(31)26-15(12-24)10-14-3-2-8-25-21(14)30;23-19(27)17(12-16-7-4-10-24-20(16)28)25-21(29)18(11-14-8-9-14)26-22(30)31-13-15-5-2-1-3-6-15;15-10(6-8-3-4-8)14(21)18-11(12(16)19)7-9-2-1-5-17-13(9)20;1-14-8-3-2-5-6(11-8)4-7(10-5)9(12)13/h6-7,11-13,16-17,26H,2-5,8-10H2,1H3,(H2,24,30)(H,25,31)(H,28,32)(H,29,33);6-7,11,13-15,18,27H,2-5,8-10H2,1H3,(H,25,30)(H,26,31)(H,29,32);1-3,5-6,14,16-18H,4,7-13H2,(H2,23,27)(H,24,28)(H,25,29)(H,26,30);8-11H,1-7,15H2,(H2,16,19)(H,17,20)(H,18,21);2-4,10H,1H3,(H,12,13)/t13-,16-,17-;14-,15-,18-;16-,17-,18-;9-,10-,11-;/m0000./s1. The second-order valence-corrected chi connectivity index (χ2v) is 34.9. The number of aromatic nitrogens is 6. The molecule has 7 aromatic rings. The Morgan fingerprint density at radius 2 is 0.744 bits per heavy atom. The zero-order valence-electron chi connectivity index (χ0n) is 74.6. The number of alkyl carbamates (subject to hydrolysis) is 1. The van der Waals surface area contributed by atoms with E-state index in [0.29, 0.717) is 152 Å². The van der Waals surface area contributed by atoms with Gasteiger partial charge in [-0.15, -0.1) is 0 Å². The number of carboxylic acids is 1. The zero-order chi connectivity index (χ0) is 95.4. The molecular formula is C91H120N22O20. The monoisotopic (exact) mass is 1840 g/mol. The van der Waals surface area contributed by atoms with Gasteiger partial charge >= 0.3 is 12.1 Å². The smallest absolute Gasteiger partial charge is 0.408 e. The molecule has 4 saturated carbocycles. The number of hydrogen-bond donors (Lipinski definition) is 19. The van der Waals surface area contributed by atoms with Gasteiger partial charge in [0.2, 0.25) is 82.6 Å². The maximum atomic E-state index is 13.1. The third-order valence-corrected chi connectivity index (χ3v) is 24.3. The topological polar surface area (TPSA) is 659 Å². The molecule has 0 radical (unpaired) electrons. The van der Waals surface area contributed by atoms with Gasteiger partial charge in [0.05, 0.1) is 66.5 Å². The van der Waals surface area contributed by atoms with E-state index in [2.05, 4.69) is 94.5 Å². The third kappa shape index (κ3) is 31.1. The van der Waals surface area contributed by atoms with Gasteiger partial charge in [-0.3, -0.25) is 62.3 Å². The van der Waals surface area contributed by atoms with Crippen molar-refractivity contribution in [1.82, 2.24) is 88.4 Å². The van der Waals surface area contributed by atoms with E-state index in [4.69, 9.17) is 47.0 Å². The Morgan fingerprint density at radius 1 is 0.414 bits per heavy atom. The van der Waals surface area contributed by atoms with E-state index in [1.54, 1.807) is 48.5 Å². The molecule has 14 amide bonds. The molecule has 12 atom stereocenters. The average Bonchev–Trinajstić information content (AvgIpc) is 1.68. The van der Waals surface area contributed by atoms with Crippen LogP contribution in [0.25, 0.3) is 33.1 Å². The minimum absolute atomic E-state index is 0.0796. The first-order chi connectivity index (χ1) is 63.9. The molecule has 42 heteroatoms. The molecule has 0 unspecified atom stereocenters. The van der Waals surface area contributed by atoms with Gasteiger partial charge in [0.25, 0.3) is 11.8 Å². The van der Waals surface area contributed by atoms with Crippen molar-refractivity contribution in [3.8, 4) is 23.7 Å². The van der Waals surface area contributed by atoms with Gasteiger partial charge in [-0.2, -0.15) is 5.26 Å². The maximum absolute atomic E-state index is 13.1. The number of aromatic carboxylic acids is 1. The van der Waals surface area contributed by atoms with Crippen LogP contribution in [0.4, 0.5) is 4.79 Å². The highest BCUT2D eigenvalue weighted by molar-refractivity contribution is 6.02. The van der Waals surface area contributed by atoms with Gasteiger partial charge in [-0.1, -0.05) is 81.7 Å². The summed E-state index contributed by atoms with van der Waals surface area (Å²) < 4.78 is 20.4. The van der Waals surface area contributed by atoms with Crippen LogP contribution in [0, 0.1) is 58.7 Å². The molecule has 4 aliphatic heterocycles. The lowest BCUT2D eigenvalue weighted by Crippen LogP contribution is -2.54. The van der Waals surface area contributed by atoms with E-state index in [9.17, 15) is 77.2 Å². The number of nitrogens with one attached hydrogen (secondary N) is 14. The molecule has 0 bridgehead atoms. The molecule has 1 aromatic carbocycles. The van der Waals surface area contributed by atoms with Gasteiger partial charge in [0, 0.05) is 68.0 Å². The number of carboxylic acid groups (broad SMARTS) is 1. The minimum atomic E-state index is -0.998. The number of amides is 14. The summed E-state index contributed by atoms with van der Waals surface area (Å²) in [4.78, 5) is 204. The van der Waals surface area contributed by atoms with Crippen LogP contribution in [-0.2, 0) is 64.1 Å². The number of nitrogens with two attached hydrogens (primary N) is 4. The van der Waals surface area contributed by atoms with E-state index in [0.717, 1.165) is 82.6 Å². The van der Waals surface area contributed by atoms with Crippen molar-refractivity contribution in [2.45, 2.75) is 209 Å². The fraction of sp³-hybridized carbons (Fsp3) is 0.527. The summed E-state index contributed by atoms with van der Waals surface area (Å²) >= 11 is 0. The molecule has 4 saturated heterocycles. The highest BCUT2D eigenvalue weighted by Crippen LogP contribution is 2.37. The van der Waals surface area contributed by atoms with Crippen LogP contribution in [0.15, 0.2) is 84.9 Å². The summed E-state index contributed by atoms with van der Waals surface area (Å²) in [6.07, 6.45) is 16.4. The van der Waals surface area contributed by atoms with Crippen molar-refractivity contribution >= 4 is 122 Å². The number of rotatable bonds is 38. The summed E-state index contributed by atoms with van der Waals surface area (Å²) in [6.45, 7) is 2.61. The summed E-state index contributed by atoms with van der Waals surface area (Å²) in [7, 11) is 4.54. The molecule has 4 aliphatic carbocycles. The molecular weight excluding hydrogens is 1720 g/mol. The summed E-state index contributed by atoms with van der Waals surface area (Å²) in [6, 6.07) is 19.6. The van der Waals surface area contributed by atoms with Crippen LogP contribution >= 0.6 is 0 Å². The van der Waals surface area contributed by atoms with Gasteiger partial charge in [-0.25, -0.2) is 24.5 Å². The minimum Gasteiger partial charge on any atom is -0.481 e. The van der Waals surface area contributed by atoms with Crippen molar-refractivity contribution in [2.75, 3.05) is 47.5 Å². The van der Waals surface area contributed by atoms with Crippen LogP contribution in [-0.4, -0.2) is 220 Å². The number of ether oxygens (including phenoxy) is 4. The summed E-state index contributed by atoms with van der Waals surface area (Å²) in [5.41, 5.74) is 27.4. The molecule has 8 aliphatic rings. The number of pyridine rings is 3. The molecule has 714 valence electrons. The predicted molar refractivity (Wildman–Crippen MR) is 481 cm³/mol. The molecule has 42 nitrogen and oxygen atoms in total. The molecule has 8 fully saturated rings. The largest absolute Gasteiger partial charge is 0.481 e. The van der Waals surface area contributed by atoms with Gasteiger partial charge in [0.15, 0.2) is 0 Å². The second-order valence-electron chi connectivity index (χ2n) is 34.9. The number of methoxy groups -OCH3 is 3. The first kappa shape index (κ1) is 99.6. The average molecular weight is 1840 g/mol. The van der Waals surface area contributed by atoms with Crippen LogP contribution in [0.5, 0.6) is 17.6 Å². The normalized spacial score (nSPS) is 19.6. The summed E-state index contributed by atoms with van der Waals surface area (Å²) in [5, 5.41) is 48.2. The number of carbonyl (C=O) groups is 15. The van der Waals surface area contributed by atoms with Gasteiger partial charge in [0.1, 0.15) is 66.0 Å². The maximum Gasteiger partial charge on any atom is 0.408 e. The fourth-order valence-electron chi connectivity index (χ4n) is 16.0. The van der Waals surface area contributed by atoms with Gasteiger partial charge in [-0.05, 0) is 168 Å². The molecule has 0 spiro atoms. The Morgan fingerprint density at radius 3 is 1.08 bits per heavy atom. The number of aromatic amines is 3. The van der Waals surface area contributed by atoms with Crippen LogP contribution in [0.1, 0.15) is 191 Å². The van der Waals surface area contributed by atoms with Crippen molar-refractivity contribution < 1.29 is 96.0 Å². The highest BCUT2D eigenvalue weighted by atomic mass is 16.5. The number of carbonyl (C=O) groups excluding carboxylic acids is 14. The van der Waals surface area contributed by atoms with E-state index < -0.39 is 108 Å². The van der Waals surface area contributed by atoms with Crippen LogP contribution in [0.2, 0.25) is 0 Å². The number of fused-ring (bicyclic) bond motifs is 3. The molecule has 15 rings (SSSR count). The van der Waals surface area contributed by atoms with Crippen molar-refractivity contribution in [1.29, 1.82) is 5.26 Å². The predicted octanol–water partition coefficient (Wildman–Crippen LogP) is 2.99. The fourth-order valence-corrected chi connectivity index (χ4v) is 16.0. The Labute approximate surface area is 766 Å². The first-order valence-corrected chi connectivity index (χ1v) is 45.2. The van der Waals surface area contributed by atoms with Crippen molar-refractivity contribution in [3.63, 3.8) is 0 Å². The van der Waals surface area contributed by atoms with E-state index in [1.165, 1.54) is 27.4 Å². The third-order valence-electron chi connectivity index (χ3n) is 24.3. The zero-order valence-corrected chi connectivity index (χ0v) is 74.6. The Balaban J connectivity index is 0.000000164. The lowest BCUT2D eigenvalue weighted by molar-refractivity contribution is -0.131. The molecule has 10 heterocycles. The van der Waals surface area contributed by atoms with Crippen LogP contribution in [0.3, 0.4) is 0 Å². The number of H-pyrrole nitrogens is 3. The second kappa shape index (κ2) is 48.2. The Hall–Kier alpha value is -14.0. The Bertz CT molecular complexity index is 5350. The van der Waals surface area contributed by atoms with Crippen molar-refractivity contribution in [2.24, 2.45) is 70.3 Å². The SMILES string of the molecule is COc1ccc2[nH]c(C(=O)N[C@@H](CC3CC3)C(=O)N[C@@H](C[C@@H]3CCCNC3=O)C(N)=O)cc2n1.COc1ccc2[nH]c(C(=O)N[C@@H](CC3CC3)C(=O)N[C@H](C#N)C[C@@H]3CCCNC3=O)cc2n1.COc1ccc2[nH]c(C(=O)O)cc2n1.NC(=O)[C@H](C[C@@H]1CCCNC1=O)NC(=O)[C@@H](N)CC1CC1.NC(=O)[C@H](C[C@@H]1CCCNC1=O)NC(=O)[C@H](CC1CC1)NC(=O)OCc1ccccc1. The summed E-state index contributed by atoms with van der Waals surface area (Å²) in [5.74, 6) is -4.54. The van der Waals surface area contributed by atoms with Crippen LogP contribution < -0.4 is 95.6 Å². The van der Waals surface area contributed by atoms with E-state index in [-0.39, 0.29) is 103 Å². The van der Waals surface area contributed by atoms with E-state index in [1.807, 2.05) is 30.3 Å². The van der Waals surface area contributed by atoms with Gasteiger partial charge < -0.3 is 120 Å². The highest BCUT2D eigenvalue weighted by Gasteiger charge is 2.40. The quantitative estimate of drug-likeness (QED) is 0.0264. The molecule has 6 aromatic heterocycles. The molecule has 23 N–H and O–H groups in total. The number of primary amides is 3. The molecule has 133 heavy (non-hydrogen) atoms. The number of nitrogens with zero attached hydrogens (tertiary/aromatic N) is 4. The lowest BCUT2D eigenvalue weighted by Gasteiger charge is -2.27. The number of hydrogen-bond acceptors (Lipinski definition) is 24. The lowest BCUT2D eigenvalue weighted by atomic mass is 9.91. The van der Waals surface area contributed by atoms with E-state index >= 15 is 0 Å². The number of benzene rings is 1. The first-order valence-electron chi connectivity index (χ1n) is 45.2. The number of nitriles is 1. The van der Waals surface area contributed by atoms with Crippen molar-refractivity contribution in [3.05, 3.63) is 108 Å². The number of piperidine rings is 4. The Kier molecular flexibility index (Phi) is 36.1.